The molecule has 112 valence electrons. The van der Waals surface area contributed by atoms with Crippen molar-refractivity contribution in [2.75, 3.05) is 12.0 Å². The number of imidazole rings is 1. The monoisotopic (exact) mass is 298 g/mol. The van der Waals surface area contributed by atoms with E-state index in [1.54, 1.807) is 42.6 Å². The van der Waals surface area contributed by atoms with Crippen LogP contribution >= 0.6 is 0 Å². The van der Waals surface area contributed by atoms with E-state index in [4.69, 9.17) is 4.74 Å². The van der Waals surface area contributed by atoms with Crippen molar-refractivity contribution >= 4 is 17.6 Å². The van der Waals surface area contributed by atoms with Crippen molar-refractivity contribution < 1.29 is 14.3 Å². The third-order valence-corrected chi connectivity index (χ3v) is 4.17. The highest BCUT2D eigenvalue weighted by atomic mass is 16.5. The number of hydrogen-bond acceptors (Lipinski definition) is 4. The van der Waals surface area contributed by atoms with Crippen LogP contribution in [0.4, 0.5) is 10.5 Å². The van der Waals surface area contributed by atoms with Crippen molar-refractivity contribution in [3.05, 3.63) is 42.0 Å². The van der Waals surface area contributed by atoms with E-state index in [-0.39, 0.29) is 11.9 Å². The molecule has 0 aliphatic carbocycles. The summed E-state index contributed by atoms with van der Waals surface area (Å²) in [6.07, 6.45) is 2.05. The Kier molecular flexibility index (Phi) is 2.69. The van der Waals surface area contributed by atoms with E-state index in [9.17, 15) is 9.59 Å². The van der Waals surface area contributed by atoms with Crippen molar-refractivity contribution in [2.24, 2.45) is 0 Å². The van der Waals surface area contributed by atoms with Gasteiger partial charge in [0.15, 0.2) is 0 Å². The quantitative estimate of drug-likeness (QED) is 0.848. The van der Waals surface area contributed by atoms with Crippen molar-refractivity contribution in [3.8, 4) is 5.75 Å². The number of imide groups is 1. The number of rotatable bonds is 2. The third-order valence-electron chi connectivity index (χ3n) is 4.17. The first kappa shape index (κ1) is 12.9. The van der Waals surface area contributed by atoms with Gasteiger partial charge in [0, 0.05) is 6.42 Å². The van der Waals surface area contributed by atoms with E-state index in [2.05, 4.69) is 9.97 Å². The van der Waals surface area contributed by atoms with Crippen LogP contribution in [0.1, 0.15) is 11.4 Å². The van der Waals surface area contributed by atoms with Gasteiger partial charge >= 0.3 is 6.03 Å². The van der Waals surface area contributed by atoms with Crippen LogP contribution in [0.2, 0.25) is 0 Å². The molecule has 22 heavy (non-hydrogen) atoms. The summed E-state index contributed by atoms with van der Waals surface area (Å²) in [5, 5.41) is 0. The van der Waals surface area contributed by atoms with Gasteiger partial charge in [0.05, 0.1) is 37.1 Å². The molecule has 1 aromatic carbocycles. The number of fused-ring (bicyclic) bond motifs is 2. The zero-order valence-electron chi connectivity index (χ0n) is 11.9. The van der Waals surface area contributed by atoms with Gasteiger partial charge in [-0.1, -0.05) is 0 Å². The third kappa shape index (κ3) is 1.71. The number of carbonyl (C=O) groups is 2. The largest absolute Gasteiger partial charge is 0.497 e. The van der Waals surface area contributed by atoms with Gasteiger partial charge in [-0.2, -0.15) is 0 Å². The fourth-order valence-corrected chi connectivity index (χ4v) is 3.00. The highest BCUT2D eigenvalue weighted by Gasteiger charge is 2.48. The Morgan fingerprint density at radius 3 is 2.77 bits per heavy atom. The second-order valence-corrected chi connectivity index (χ2v) is 5.33. The van der Waals surface area contributed by atoms with Gasteiger partial charge in [0.2, 0.25) is 0 Å². The predicted molar refractivity (Wildman–Crippen MR) is 77.5 cm³/mol. The van der Waals surface area contributed by atoms with Gasteiger partial charge in [-0.3, -0.25) is 4.79 Å². The highest BCUT2D eigenvalue weighted by Crippen LogP contribution is 2.32. The molecule has 1 fully saturated rings. The smallest absolute Gasteiger partial charge is 0.332 e. The van der Waals surface area contributed by atoms with Crippen LogP contribution in [0.5, 0.6) is 5.75 Å². The molecule has 1 N–H and O–H groups in total. The molecule has 0 unspecified atom stereocenters. The number of H-pyrrole nitrogens is 1. The fourth-order valence-electron chi connectivity index (χ4n) is 3.00. The van der Waals surface area contributed by atoms with Crippen LogP contribution in [-0.2, 0) is 17.8 Å². The Morgan fingerprint density at radius 1 is 1.27 bits per heavy atom. The molecule has 0 saturated carbocycles. The molecule has 0 radical (unpaired) electrons. The number of hydrogen-bond donors (Lipinski definition) is 1. The van der Waals surface area contributed by atoms with E-state index in [1.807, 2.05) is 0 Å². The second-order valence-electron chi connectivity index (χ2n) is 5.33. The molecule has 3 amide bonds. The Hall–Kier alpha value is -2.83. The van der Waals surface area contributed by atoms with Gasteiger partial charge in [-0.15, -0.1) is 0 Å². The SMILES string of the molecule is COc1ccc(N2C(=O)[C@@H]3Cc4nc[nH]c4CN3C2=O)cc1. The normalized spacial score (nSPS) is 20.1. The number of carbonyl (C=O) groups excluding carboxylic acids is 2. The summed E-state index contributed by atoms with van der Waals surface area (Å²) in [4.78, 5) is 35.3. The number of ether oxygens (including phenoxy) is 1. The van der Waals surface area contributed by atoms with Gasteiger partial charge in [0.1, 0.15) is 11.8 Å². The predicted octanol–water partition coefficient (Wildman–Crippen LogP) is 1.31. The first-order chi connectivity index (χ1) is 10.7. The van der Waals surface area contributed by atoms with E-state index < -0.39 is 6.04 Å². The molecule has 7 nitrogen and oxygen atoms in total. The average Bonchev–Trinajstić information content (AvgIpc) is 3.09. The molecular weight excluding hydrogens is 284 g/mol. The minimum absolute atomic E-state index is 0.205. The molecule has 0 bridgehead atoms. The summed E-state index contributed by atoms with van der Waals surface area (Å²) < 4.78 is 5.10. The number of aromatic nitrogens is 2. The lowest BCUT2D eigenvalue weighted by molar-refractivity contribution is -0.120. The Balaban J connectivity index is 1.67. The van der Waals surface area contributed by atoms with E-state index >= 15 is 0 Å². The maximum Gasteiger partial charge on any atom is 0.332 e. The van der Waals surface area contributed by atoms with Crippen LogP contribution < -0.4 is 9.64 Å². The Morgan fingerprint density at radius 2 is 2.05 bits per heavy atom. The van der Waals surface area contributed by atoms with Crippen LogP contribution in [0.25, 0.3) is 0 Å². The number of aromatic amines is 1. The summed E-state index contributed by atoms with van der Waals surface area (Å²) in [5.41, 5.74) is 2.31. The molecule has 1 aromatic heterocycles. The summed E-state index contributed by atoms with van der Waals surface area (Å²) in [7, 11) is 1.57. The van der Waals surface area contributed by atoms with Gasteiger partial charge in [0.25, 0.3) is 5.91 Å². The molecule has 1 atom stereocenters. The molecule has 7 heteroatoms. The lowest BCUT2D eigenvalue weighted by Crippen LogP contribution is -2.40. The minimum Gasteiger partial charge on any atom is -0.497 e. The van der Waals surface area contributed by atoms with Crippen LogP contribution in [-0.4, -0.2) is 40.0 Å². The number of benzene rings is 1. The van der Waals surface area contributed by atoms with E-state index in [1.165, 1.54) is 4.90 Å². The van der Waals surface area contributed by atoms with Gasteiger partial charge in [-0.25, -0.2) is 14.7 Å². The van der Waals surface area contributed by atoms with Crippen molar-refractivity contribution in [1.29, 1.82) is 0 Å². The number of methoxy groups -OCH3 is 1. The number of anilines is 1. The molecule has 3 heterocycles. The number of nitrogens with one attached hydrogen (secondary N) is 1. The van der Waals surface area contributed by atoms with Crippen LogP contribution in [0.3, 0.4) is 0 Å². The first-order valence-electron chi connectivity index (χ1n) is 6.99. The standard InChI is InChI=1S/C15H14N4O3/c1-22-10-4-2-9(3-5-10)19-14(20)13-6-11-12(17-8-16-11)7-18(13)15(19)21/h2-5,8,13H,6-7H2,1H3,(H,16,17)/t13-/m0/s1. The number of urea groups is 1. The second kappa shape index (κ2) is 4.59. The van der Waals surface area contributed by atoms with E-state index in [0.29, 0.717) is 24.4 Å². The summed E-state index contributed by atoms with van der Waals surface area (Å²) in [5.74, 6) is 0.476. The summed E-state index contributed by atoms with van der Waals surface area (Å²) in [6.45, 7) is 0.386. The Bertz CT molecular complexity index is 714. The van der Waals surface area contributed by atoms with Crippen LogP contribution in [0, 0.1) is 0 Å². The molecular formula is C15H14N4O3. The lowest BCUT2D eigenvalue weighted by Gasteiger charge is -2.25. The topological polar surface area (TPSA) is 78.5 Å². The summed E-state index contributed by atoms with van der Waals surface area (Å²) in [6, 6.07) is 6.13. The maximum absolute atomic E-state index is 12.6. The maximum atomic E-state index is 12.6. The molecule has 1 saturated heterocycles. The zero-order valence-corrected chi connectivity index (χ0v) is 11.9. The van der Waals surface area contributed by atoms with Gasteiger partial charge < -0.3 is 14.6 Å². The number of nitrogens with zero attached hydrogens (tertiary/aromatic N) is 3. The Labute approximate surface area is 126 Å². The van der Waals surface area contributed by atoms with Gasteiger partial charge in [-0.05, 0) is 24.3 Å². The fraction of sp³-hybridized carbons (Fsp3) is 0.267. The lowest BCUT2D eigenvalue weighted by atomic mass is 10.0. The molecule has 0 spiro atoms. The molecule has 4 rings (SSSR count). The van der Waals surface area contributed by atoms with Crippen molar-refractivity contribution in [3.63, 3.8) is 0 Å². The van der Waals surface area contributed by atoms with Crippen LogP contribution in [0.15, 0.2) is 30.6 Å². The van der Waals surface area contributed by atoms with Crippen molar-refractivity contribution in [2.45, 2.75) is 19.0 Å². The summed E-state index contributed by atoms with van der Waals surface area (Å²) >= 11 is 0. The first-order valence-corrected chi connectivity index (χ1v) is 6.99. The molecule has 2 aliphatic heterocycles. The highest BCUT2D eigenvalue weighted by molar-refractivity contribution is 6.21. The van der Waals surface area contributed by atoms with E-state index in [0.717, 1.165) is 11.4 Å². The molecule has 2 aliphatic rings. The average molecular weight is 298 g/mol. The number of amides is 3. The minimum atomic E-state index is -0.467. The zero-order chi connectivity index (χ0) is 15.3. The molecule has 2 aromatic rings. The van der Waals surface area contributed by atoms with Crippen molar-refractivity contribution in [1.82, 2.24) is 14.9 Å².